The molecule has 0 atom stereocenters. The first-order valence-corrected chi connectivity index (χ1v) is 10.6. The van der Waals surface area contributed by atoms with Crippen molar-refractivity contribution in [2.24, 2.45) is 0 Å². The van der Waals surface area contributed by atoms with Crippen LogP contribution in [0.2, 0.25) is 0 Å². The third-order valence-electron chi connectivity index (χ3n) is 4.56. The minimum Gasteiger partial charge on any atom is -0.352 e. The summed E-state index contributed by atoms with van der Waals surface area (Å²) in [5, 5.41) is 2.85. The average Bonchev–Trinajstić information content (AvgIpc) is 2.73. The van der Waals surface area contributed by atoms with Crippen LogP contribution in [0.15, 0.2) is 78.0 Å². The van der Waals surface area contributed by atoms with E-state index in [0.29, 0.717) is 12.2 Å². The Kier molecular flexibility index (Phi) is 6.29. The Labute approximate surface area is 171 Å². The molecule has 1 aromatic heterocycles. The summed E-state index contributed by atoms with van der Waals surface area (Å²) in [6.07, 6.45) is 3.61. The second-order valence-electron chi connectivity index (χ2n) is 6.77. The lowest BCUT2D eigenvalue weighted by Crippen LogP contribution is -2.26. The van der Waals surface area contributed by atoms with E-state index in [0.717, 1.165) is 16.7 Å². The maximum absolute atomic E-state index is 12.8. The van der Waals surface area contributed by atoms with Crippen LogP contribution in [0.4, 0.5) is 5.69 Å². The van der Waals surface area contributed by atoms with E-state index in [1.165, 1.54) is 11.4 Å². The Morgan fingerprint density at radius 1 is 1.00 bits per heavy atom. The molecule has 150 valence electrons. The van der Waals surface area contributed by atoms with Gasteiger partial charge in [0, 0.05) is 26.0 Å². The van der Waals surface area contributed by atoms with Crippen LogP contribution < -0.4 is 9.62 Å². The lowest BCUT2D eigenvalue weighted by molar-refractivity contribution is -0.120. The molecule has 0 radical (unpaired) electrons. The SMILES string of the molecule is Cc1ccc(S(=O)(=O)N(C)c2ccc(CC(=O)NCc3cccnc3)cc2)cc1. The fourth-order valence-electron chi connectivity index (χ4n) is 2.78. The lowest BCUT2D eigenvalue weighted by atomic mass is 10.1. The molecule has 1 heterocycles. The predicted octanol–water partition coefficient (Wildman–Crippen LogP) is 3.07. The quantitative estimate of drug-likeness (QED) is 0.650. The maximum Gasteiger partial charge on any atom is 0.264 e. The molecule has 0 aliphatic rings. The highest BCUT2D eigenvalue weighted by atomic mass is 32.2. The molecular weight excluding hydrogens is 386 g/mol. The summed E-state index contributed by atoms with van der Waals surface area (Å²) >= 11 is 0. The van der Waals surface area contributed by atoms with Gasteiger partial charge in [-0.05, 0) is 48.4 Å². The van der Waals surface area contributed by atoms with Gasteiger partial charge in [0.2, 0.25) is 5.91 Å². The van der Waals surface area contributed by atoms with Crippen molar-refractivity contribution in [2.75, 3.05) is 11.4 Å². The molecule has 7 heteroatoms. The topological polar surface area (TPSA) is 79.4 Å². The number of rotatable bonds is 7. The number of hydrogen-bond donors (Lipinski definition) is 1. The summed E-state index contributed by atoms with van der Waals surface area (Å²) in [6.45, 7) is 2.33. The summed E-state index contributed by atoms with van der Waals surface area (Å²) in [5.41, 5.74) is 3.26. The second-order valence-corrected chi connectivity index (χ2v) is 8.74. The molecule has 0 saturated heterocycles. The molecule has 0 aliphatic carbocycles. The Bertz CT molecular complexity index is 1060. The molecule has 0 aliphatic heterocycles. The molecule has 29 heavy (non-hydrogen) atoms. The third-order valence-corrected chi connectivity index (χ3v) is 6.36. The largest absolute Gasteiger partial charge is 0.352 e. The predicted molar refractivity (Wildman–Crippen MR) is 113 cm³/mol. The van der Waals surface area contributed by atoms with Crippen molar-refractivity contribution in [1.29, 1.82) is 0 Å². The first-order chi connectivity index (χ1) is 13.9. The van der Waals surface area contributed by atoms with E-state index >= 15 is 0 Å². The molecule has 2 aromatic carbocycles. The summed E-state index contributed by atoms with van der Waals surface area (Å²) in [6, 6.07) is 17.4. The van der Waals surface area contributed by atoms with Crippen molar-refractivity contribution in [3.05, 3.63) is 89.7 Å². The van der Waals surface area contributed by atoms with Gasteiger partial charge in [-0.3, -0.25) is 14.1 Å². The second kappa shape index (κ2) is 8.87. The van der Waals surface area contributed by atoms with Crippen LogP contribution in [0.1, 0.15) is 16.7 Å². The number of carbonyl (C=O) groups excluding carboxylic acids is 1. The number of aryl methyl sites for hydroxylation is 1. The van der Waals surface area contributed by atoms with Crippen molar-refractivity contribution in [3.8, 4) is 0 Å². The molecule has 0 saturated carbocycles. The van der Waals surface area contributed by atoms with Gasteiger partial charge in [0.1, 0.15) is 0 Å². The number of anilines is 1. The zero-order valence-corrected chi connectivity index (χ0v) is 17.2. The number of nitrogens with zero attached hydrogens (tertiary/aromatic N) is 2. The van der Waals surface area contributed by atoms with Crippen LogP contribution in [0, 0.1) is 6.92 Å². The van der Waals surface area contributed by atoms with Crippen LogP contribution in [0.25, 0.3) is 0 Å². The Morgan fingerprint density at radius 2 is 1.69 bits per heavy atom. The number of sulfonamides is 1. The fourth-order valence-corrected chi connectivity index (χ4v) is 3.98. The fraction of sp³-hybridized carbons (Fsp3) is 0.182. The number of hydrogen-bond acceptors (Lipinski definition) is 4. The molecule has 0 fully saturated rings. The van der Waals surface area contributed by atoms with Gasteiger partial charge >= 0.3 is 0 Å². The van der Waals surface area contributed by atoms with Crippen molar-refractivity contribution >= 4 is 21.6 Å². The summed E-state index contributed by atoms with van der Waals surface area (Å²) in [4.78, 5) is 16.4. The number of amides is 1. The molecule has 1 amide bonds. The van der Waals surface area contributed by atoms with E-state index in [-0.39, 0.29) is 17.2 Å². The van der Waals surface area contributed by atoms with E-state index in [1.807, 2.05) is 19.1 Å². The number of benzene rings is 2. The summed E-state index contributed by atoms with van der Waals surface area (Å²) in [7, 11) is -2.12. The maximum atomic E-state index is 12.8. The van der Waals surface area contributed by atoms with E-state index in [1.54, 1.807) is 60.9 Å². The normalized spacial score (nSPS) is 11.1. The van der Waals surface area contributed by atoms with Crippen LogP contribution in [-0.2, 0) is 27.8 Å². The molecule has 0 spiro atoms. The van der Waals surface area contributed by atoms with Crippen LogP contribution in [0.3, 0.4) is 0 Å². The van der Waals surface area contributed by atoms with E-state index in [4.69, 9.17) is 0 Å². The van der Waals surface area contributed by atoms with E-state index < -0.39 is 10.0 Å². The van der Waals surface area contributed by atoms with Gasteiger partial charge < -0.3 is 5.32 Å². The highest BCUT2D eigenvalue weighted by Gasteiger charge is 2.21. The number of carbonyl (C=O) groups is 1. The highest BCUT2D eigenvalue weighted by Crippen LogP contribution is 2.22. The Morgan fingerprint density at radius 3 is 2.31 bits per heavy atom. The molecule has 6 nitrogen and oxygen atoms in total. The monoisotopic (exact) mass is 409 g/mol. The van der Waals surface area contributed by atoms with Crippen molar-refractivity contribution in [3.63, 3.8) is 0 Å². The standard InChI is InChI=1S/C22H23N3O3S/c1-17-5-11-21(12-6-17)29(27,28)25(2)20-9-7-18(8-10-20)14-22(26)24-16-19-4-3-13-23-15-19/h3-13,15H,14,16H2,1-2H3,(H,24,26). The van der Waals surface area contributed by atoms with Gasteiger partial charge in [0.15, 0.2) is 0 Å². The third kappa shape index (κ3) is 5.20. The minimum atomic E-state index is -3.64. The zero-order valence-electron chi connectivity index (χ0n) is 16.4. The van der Waals surface area contributed by atoms with Crippen LogP contribution >= 0.6 is 0 Å². The first-order valence-electron chi connectivity index (χ1n) is 9.16. The van der Waals surface area contributed by atoms with Crippen molar-refractivity contribution < 1.29 is 13.2 Å². The summed E-state index contributed by atoms with van der Waals surface area (Å²) < 4.78 is 26.8. The highest BCUT2D eigenvalue weighted by molar-refractivity contribution is 7.92. The zero-order chi connectivity index (χ0) is 20.9. The number of aromatic nitrogens is 1. The van der Waals surface area contributed by atoms with Gasteiger partial charge in [0.05, 0.1) is 17.0 Å². The molecule has 0 bridgehead atoms. The first kappa shape index (κ1) is 20.5. The summed E-state index contributed by atoms with van der Waals surface area (Å²) in [5.74, 6) is -0.109. The molecular formula is C22H23N3O3S. The molecule has 3 rings (SSSR count). The van der Waals surface area contributed by atoms with E-state index in [9.17, 15) is 13.2 Å². The Balaban J connectivity index is 1.63. The van der Waals surface area contributed by atoms with Gasteiger partial charge in [-0.25, -0.2) is 8.42 Å². The average molecular weight is 410 g/mol. The van der Waals surface area contributed by atoms with Crippen molar-refractivity contribution in [2.45, 2.75) is 24.8 Å². The van der Waals surface area contributed by atoms with Gasteiger partial charge in [-0.1, -0.05) is 35.9 Å². The van der Waals surface area contributed by atoms with Gasteiger partial charge in [0.25, 0.3) is 10.0 Å². The Hall–Kier alpha value is -3.19. The van der Waals surface area contributed by atoms with Gasteiger partial charge in [-0.15, -0.1) is 0 Å². The van der Waals surface area contributed by atoms with Crippen LogP contribution in [0.5, 0.6) is 0 Å². The van der Waals surface area contributed by atoms with Crippen molar-refractivity contribution in [1.82, 2.24) is 10.3 Å². The lowest BCUT2D eigenvalue weighted by Gasteiger charge is -2.20. The van der Waals surface area contributed by atoms with Gasteiger partial charge in [-0.2, -0.15) is 0 Å². The smallest absolute Gasteiger partial charge is 0.264 e. The molecule has 3 aromatic rings. The number of pyridine rings is 1. The molecule has 1 N–H and O–H groups in total. The molecule has 0 unspecified atom stereocenters. The van der Waals surface area contributed by atoms with Crippen LogP contribution in [-0.4, -0.2) is 26.4 Å². The minimum absolute atomic E-state index is 0.109. The number of nitrogens with one attached hydrogen (secondary N) is 1. The van der Waals surface area contributed by atoms with E-state index in [2.05, 4.69) is 10.3 Å².